The van der Waals surface area contributed by atoms with E-state index in [2.05, 4.69) is 5.32 Å². The van der Waals surface area contributed by atoms with Crippen molar-refractivity contribution in [3.05, 3.63) is 58.9 Å². The Balaban J connectivity index is 1.70. The summed E-state index contributed by atoms with van der Waals surface area (Å²) in [6.45, 7) is 3.81. The Labute approximate surface area is 187 Å². The van der Waals surface area contributed by atoms with Crippen molar-refractivity contribution in [2.24, 2.45) is 5.14 Å². The van der Waals surface area contributed by atoms with E-state index in [1.807, 2.05) is 19.9 Å². The number of benzene rings is 2. The first-order valence-corrected chi connectivity index (χ1v) is 12.0. The van der Waals surface area contributed by atoms with Crippen LogP contribution in [0.2, 0.25) is 0 Å². The molecule has 1 heterocycles. The Bertz CT molecular complexity index is 1350. The summed E-state index contributed by atoms with van der Waals surface area (Å²) in [5, 5.41) is 8.94. The third-order valence-corrected chi connectivity index (χ3v) is 6.74. The second-order valence-corrected chi connectivity index (χ2v) is 9.62. The molecule has 168 valence electrons. The Morgan fingerprint density at radius 3 is 2.69 bits per heavy atom. The van der Waals surface area contributed by atoms with Crippen LogP contribution in [-0.2, 0) is 27.7 Å². The quantitative estimate of drug-likeness (QED) is 0.558. The second kappa shape index (κ2) is 8.44. The summed E-state index contributed by atoms with van der Waals surface area (Å²) in [4.78, 5) is 12.6. The van der Waals surface area contributed by atoms with Gasteiger partial charge in [0.15, 0.2) is 0 Å². The molecule has 32 heavy (non-hydrogen) atoms. The monoisotopic (exact) mass is 454 g/mol. The lowest BCUT2D eigenvalue weighted by Gasteiger charge is -2.14. The van der Waals surface area contributed by atoms with Crippen molar-refractivity contribution in [1.82, 2.24) is 0 Å². The first-order valence-electron chi connectivity index (χ1n) is 10.4. The summed E-state index contributed by atoms with van der Waals surface area (Å²) >= 11 is 0. The maximum Gasteiger partial charge on any atom is 0.248 e. The van der Waals surface area contributed by atoms with Crippen molar-refractivity contribution < 1.29 is 22.4 Å². The smallest absolute Gasteiger partial charge is 0.248 e. The summed E-state index contributed by atoms with van der Waals surface area (Å²) in [6, 6.07) is 7.86. The number of amides is 1. The number of anilines is 1. The van der Waals surface area contributed by atoms with Gasteiger partial charge in [0.05, 0.1) is 12.0 Å². The van der Waals surface area contributed by atoms with Crippen LogP contribution in [0.5, 0.6) is 5.75 Å². The van der Waals surface area contributed by atoms with Crippen molar-refractivity contribution in [1.29, 1.82) is 0 Å². The molecule has 1 aliphatic rings. The summed E-state index contributed by atoms with van der Waals surface area (Å²) in [5.74, 6) is 1.33. The van der Waals surface area contributed by atoms with E-state index in [9.17, 15) is 13.2 Å². The van der Waals surface area contributed by atoms with Crippen LogP contribution in [0.1, 0.15) is 42.2 Å². The number of sulfonamides is 1. The van der Waals surface area contributed by atoms with E-state index in [4.69, 9.17) is 14.3 Å². The standard InChI is InChI=1S/C24H26N2O5S/c1-14(11-22(27)26-16-7-6-8-17(12-16)32(25,28)29)19-13-20-18-9-4-5-10-21(18)31-24(20)15(2)23(19)30-3/h6-8,11-13H,4-5,9-10H2,1-3H3,(H,26,27)(H2,25,28,29)/b14-11+. The molecule has 0 saturated heterocycles. The van der Waals surface area contributed by atoms with E-state index in [1.165, 1.54) is 29.8 Å². The number of hydrogen-bond acceptors (Lipinski definition) is 5. The van der Waals surface area contributed by atoms with Crippen LogP contribution in [0.3, 0.4) is 0 Å². The van der Waals surface area contributed by atoms with Gasteiger partial charge >= 0.3 is 0 Å². The number of allylic oxidation sites excluding steroid dienone is 1. The van der Waals surface area contributed by atoms with Gasteiger partial charge in [-0.15, -0.1) is 0 Å². The zero-order valence-corrected chi connectivity index (χ0v) is 19.1. The number of nitrogens with two attached hydrogens (primary N) is 1. The number of aryl methyl sites for hydroxylation is 3. The van der Waals surface area contributed by atoms with E-state index in [-0.39, 0.29) is 10.8 Å². The number of nitrogens with one attached hydrogen (secondary N) is 1. The molecule has 4 rings (SSSR count). The predicted molar refractivity (Wildman–Crippen MR) is 124 cm³/mol. The third-order valence-electron chi connectivity index (χ3n) is 5.83. The molecule has 0 spiro atoms. The van der Waals surface area contributed by atoms with Gasteiger partial charge in [0.2, 0.25) is 15.9 Å². The summed E-state index contributed by atoms with van der Waals surface area (Å²) < 4.78 is 34.9. The van der Waals surface area contributed by atoms with Crippen molar-refractivity contribution in [3.63, 3.8) is 0 Å². The van der Waals surface area contributed by atoms with Crippen LogP contribution in [0, 0.1) is 6.92 Å². The maximum absolute atomic E-state index is 12.7. The Morgan fingerprint density at radius 1 is 1.22 bits per heavy atom. The molecule has 0 radical (unpaired) electrons. The number of rotatable bonds is 5. The normalized spacial score (nSPS) is 14.3. The molecular weight excluding hydrogens is 428 g/mol. The molecule has 3 aromatic rings. The van der Waals surface area contributed by atoms with Crippen molar-refractivity contribution in [2.45, 2.75) is 44.4 Å². The second-order valence-electron chi connectivity index (χ2n) is 8.06. The van der Waals surface area contributed by atoms with Gasteiger partial charge in [0.25, 0.3) is 0 Å². The molecule has 0 saturated carbocycles. The van der Waals surface area contributed by atoms with E-state index in [0.717, 1.165) is 59.1 Å². The lowest BCUT2D eigenvalue weighted by atomic mass is 9.93. The van der Waals surface area contributed by atoms with E-state index < -0.39 is 10.0 Å². The molecule has 0 aliphatic heterocycles. The Kier molecular flexibility index (Phi) is 5.83. The lowest BCUT2D eigenvalue weighted by Crippen LogP contribution is -2.13. The first kappa shape index (κ1) is 22.1. The van der Waals surface area contributed by atoms with E-state index in [0.29, 0.717) is 11.4 Å². The molecule has 1 aromatic heterocycles. The van der Waals surface area contributed by atoms with Crippen molar-refractivity contribution in [2.75, 3.05) is 12.4 Å². The van der Waals surface area contributed by atoms with Crippen LogP contribution >= 0.6 is 0 Å². The summed E-state index contributed by atoms with van der Waals surface area (Å²) in [7, 11) is -2.25. The van der Waals surface area contributed by atoms with Crippen LogP contribution < -0.4 is 15.2 Å². The number of primary sulfonamides is 1. The Morgan fingerprint density at radius 2 is 1.97 bits per heavy atom. The molecule has 8 heteroatoms. The minimum absolute atomic E-state index is 0.0662. The average molecular weight is 455 g/mol. The van der Waals surface area contributed by atoms with Crippen LogP contribution in [0.25, 0.3) is 16.5 Å². The van der Waals surface area contributed by atoms with Gasteiger partial charge in [0.1, 0.15) is 17.1 Å². The minimum Gasteiger partial charge on any atom is -0.496 e. The molecular formula is C24H26N2O5S. The van der Waals surface area contributed by atoms with Crippen LogP contribution in [-0.4, -0.2) is 21.4 Å². The van der Waals surface area contributed by atoms with E-state index >= 15 is 0 Å². The van der Waals surface area contributed by atoms with Crippen molar-refractivity contribution in [3.8, 4) is 5.75 Å². The van der Waals surface area contributed by atoms with Crippen LogP contribution in [0.4, 0.5) is 5.69 Å². The SMILES string of the molecule is COc1c(/C(C)=C/C(=O)Nc2cccc(S(N)(=O)=O)c2)cc2c3c(oc2c1C)CCCC3. The molecule has 0 unspecified atom stereocenters. The molecule has 3 N–H and O–H groups in total. The van der Waals surface area contributed by atoms with Gasteiger partial charge < -0.3 is 14.5 Å². The zero-order valence-electron chi connectivity index (χ0n) is 18.3. The van der Waals surface area contributed by atoms with Gasteiger partial charge in [-0.1, -0.05) is 6.07 Å². The number of hydrogen-bond donors (Lipinski definition) is 2. The molecule has 0 fully saturated rings. The van der Waals surface area contributed by atoms with Gasteiger partial charge in [-0.2, -0.15) is 0 Å². The van der Waals surface area contributed by atoms with Crippen molar-refractivity contribution >= 4 is 38.2 Å². The van der Waals surface area contributed by atoms with E-state index in [1.54, 1.807) is 13.2 Å². The largest absolute Gasteiger partial charge is 0.496 e. The lowest BCUT2D eigenvalue weighted by molar-refractivity contribution is -0.111. The molecule has 7 nitrogen and oxygen atoms in total. The highest BCUT2D eigenvalue weighted by molar-refractivity contribution is 7.89. The fourth-order valence-corrected chi connectivity index (χ4v) is 4.86. The highest BCUT2D eigenvalue weighted by Crippen LogP contribution is 2.41. The zero-order chi connectivity index (χ0) is 23.0. The highest BCUT2D eigenvalue weighted by atomic mass is 32.2. The summed E-state index contributed by atoms with van der Waals surface area (Å²) in [5.41, 5.74) is 4.87. The van der Waals surface area contributed by atoms with Crippen LogP contribution in [0.15, 0.2) is 45.7 Å². The maximum atomic E-state index is 12.7. The molecule has 1 amide bonds. The first-order chi connectivity index (χ1) is 15.2. The fraction of sp³-hybridized carbons (Fsp3) is 0.292. The topological polar surface area (TPSA) is 112 Å². The van der Waals surface area contributed by atoms with Gasteiger partial charge in [0, 0.05) is 40.3 Å². The van der Waals surface area contributed by atoms with Gasteiger partial charge in [-0.05, 0) is 62.9 Å². The molecule has 0 atom stereocenters. The minimum atomic E-state index is -3.86. The number of carbonyl (C=O) groups is 1. The third kappa shape index (κ3) is 4.16. The highest BCUT2D eigenvalue weighted by Gasteiger charge is 2.23. The molecule has 2 aromatic carbocycles. The Hall–Kier alpha value is -3.10. The van der Waals surface area contributed by atoms with Gasteiger partial charge in [-0.25, -0.2) is 13.6 Å². The number of ether oxygens (including phenoxy) is 1. The number of furan rings is 1. The summed E-state index contributed by atoms with van der Waals surface area (Å²) in [6.07, 6.45) is 5.66. The number of methoxy groups -OCH3 is 1. The average Bonchev–Trinajstić information content (AvgIpc) is 3.12. The van der Waals surface area contributed by atoms with Gasteiger partial charge in [-0.3, -0.25) is 4.79 Å². The predicted octanol–water partition coefficient (Wildman–Crippen LogP) is 4.32. The fourth-order valence-electron chi connectivity index (χ4n) is 4.30. The number of carbonyl (C=O) groups excluding carboxylic acids is 1. The molecule has 1 aliphatic carbocycles. The number of fused-ring (bicyclic) bond motifs is 3. The molecule has 0 bridgehead atoms.